The Hall–Kier alpha value is -3.35. The van der Waals surface area contributed by atoms with Gasteiger partial charge in [0.25, 0.3) is 0 Å². The standard InChI is InChI=1S/C21H21FN2O4/c1-13-17(23-21(28-13)14-6-5-7-15(22)10-14)12-20(25)24(2)16-8-9-18(26-3)19(11-16)27-4/h5-11H,12H2,1-4H3. The minimum Gasteiger partial charge on any atom is -0.493 e. The molecule has 7 heteroatoms. The molecule has 1 amide bonds. The summed E-state index contributed by atoms with van der Waals surface area (Å²) in [4.78, 5) is 18.6. The van der Waals surface area contributed by atoms with E-state index in [4.69, 9.17) is 13.9 Å². The van der Waals surface area contributed by atoms with Gasteiger partial charge in [0.05, 0.1) is 26.3 Å². The summed E-state index contributed by atoms with van der Waals surface area (Å²) in [6.45, 7) is 1.73. The molecule has 3 aromatic rings. The summed E-state index contributed by atoms with van der Waals surface area (Å²) >= 11 is 0. The van der Waals surface area contributed by atoms with Crippen LogP contribution in [0.4, 0.5) is 10.1 Å². The molecule has 1 aromatic heterocycles. The molecule has 6 nitrogen and oxygen atoms in total. The van der Waals surface area contributed by atoms with Crippen LogP contribution in [-0.2, 0) is 11.2 Å². The van der Waals surface area contributed by atoms with Gasteiger partial charge in [-0.1, -0.05) is 6.07 Å². The monoisotopic (exact) mass is 384 g/mol. The van der Waals surface area contributed by atoms with Crippen molar-refractivity contribution in [3.05, 3.63) is 59.7 Å². The Morgan fingerprint density at radius 3 is 2.57 bits per heavy atom. The first kappa shape index (κ1) is 19.4. The first-order valence-electron chi connectivity index (χ1n) is 8.63. The number of rotatable bonds is 6. The summed E-state index contributed by atoms with van der Waals surface area (Å²) < 4.78 is 29.6. The number of oxazole rings is 1. The van der Waals surface area contributed by atoms with Crippen molar-refractivity contribution in [1.82, 2.24) is 4.98 Å². The van der Waals surface area contributed by atoms with E-state index in [-0.39, 0.29) is 24.0 Å². The van der Waals surface area contributed by atoms with Crippen molar-refractivity contribution >= 4 is 11.6 Å². The molecule has 0 fully saturated rings. The molecule has 0 saturated heterocycles. The average molecular weight is 384 g/mol. The van der Waals surface area contributed by atoms with Crippen molar-refractivity contribution in [2.45, 2.75) is 13.3 Å². The number of aromatic nitrogens is 1. The van der Waals surface area contributed by atoms with E-state index in [0.29, 0.717) is 34.2 Å². The normalized spacial score (nSPS) is 10.6. The molecule has 146 valence electrons. The van der Waals surface area contributed by atoms with E-state index >= 15 is 0 Å². The quantitative estimate of drug-likeness (QED) is 0.642. The number of nitrogens with zero attached hydrogens (tertiary/aromatic N) is 2. The largest absolute Gasteiger partial charge is 0.493 e. The molecule has 28 heavy (non-hydrogen) atoms. The maximum Gasteiger partial charge on any atom is 0.232 e. The van der Waals surface area contributed by atoms with Crippen LogP contribution in [0.2, 0.25) is 0 Å². The second kappa shape index (κ2) is 8.12. The van der Waals surface area contributed by atoms with Crippen LogP contribution in [0, 0.1) is 12.7 Å². The van der Waals surface area contributed by atoms with Gasteiger partial charge in [0.2, 0.25) is 11.8 Å². The molecule has 0 aliphatic rings. The van der Waals surface area contributed by atoms with Crippen LogP contribution < -0.4 is 14.4 Å². The highest BCUT2D eigenvalue weighted by Crippen LogP contribution is 2.31. The zero-order valence-electron chi connectivity index (χ0n) is 16.2. The van der Waals surface area contributed by atoms with Gasteiger partial charge >= 0.3 is 0 Å². The number of benzene rings is 2. The minimum atomic E-state index is -0.376. The Bertz CT molecular complexity index is 1000. The first-order valence-corrected chi connectivity index (χ1v) is 8.63. The van der Waals surface area contributed by atoms with Crippen molar-refractivity contribution in [2.75, 3.05) is 26.2 Å². The van der Waals surface area contributed by atoms with Crippen molar-refractivity contribution in [2.24, 2.45) is 0 Å². The predicted molar refractivity (Wildman–Crippen MR) is 103 cm³/mol. The summed E-state index contributed by atoms with van der Waals surface area (Å²) in [5.74, 6) is 1.38. The van der Waals surface area contributed by atoms with Crippen LogP contribution in [-0.4, -0.2) is 32.2 Å². The van der Waals surface area contributed by atoms with Gasteiger partial charge in [-0.3, -0.25) is 4.79 Å². The molecule has 0 radical (unpaired) electrons. The van der Waals surface area contributed by atoms with Crippen LogP contribution in [0.25, 0.3) is 11.5 Å². The van der Waals surface area contributed by atoms with Crippen molar-refractivity contribution in [3.63, 3.8) is 0 Å². The smallest absolute Gasteiger partial charge is 0.232 e. The average Bonchev–Trinajstić information content (AvgIpc) is 3.07. The molecule has 0 spiro atoms. The van der Waals surface area contributed by atoms with E-state index in [1.54, 1.807) is 51.4 Å². The molecular formula is C21H21FN2O4. The van der Waals surface area contributed by atoms with Gasteiger partial charge in [-0.25, -0.2) is 9.37 Å². The lowest BCUT2D eigenvalue weighted by molar-refractivity contribution is -0.117. The highest BCUT2D eigenvalue weighted by Gasteiger charge is 2.19. The lowest BCUT2D eigenvalue weighted by Crippen LogP contribution is -2.28. The Morgan fingerprint density at radius 1 is 1.14 bits per heavy atom. The van der Waals surface area contributed by atoms with Crippen molar-refractivity contribution in [3.8, 4) is 23.0 Å². The fourth-order valence-electron chi connectivity index (χ4n) is 2.78. The third-order valence-corrected chi connectivity index (χ3v) is 4.41. The Morgan fingerprint density at radius 2 is 1.89 bits per heavy atom. The lowest BCUT2D eigenvalue weighted by atomic mass is 10.2. The number of methoxy groups -OCH3 is 2. The van der Waals surface area contributed by atoms with Gasteiger partial charge in [0.15, 0.2) is 11.5 Å². The van der Waals surface area contributed by atoms with Crippen molar-refractivity contribution in [1.29, 1.82) is 0 Å². The molecule has 1 heterocycles. The van der Waals surface area contributed by atoms with E-state index in [2.05, 4.69) is 4.98 Å². The molecule has 0 aliphatic carbocycles. The SMILES string of the molecule is COc1ccc(N(C)C(=O)Cc2nc(-c3cccc(F)c3)oc2C)cc1OC. The van der Waals surface area contributed by atoms with Crippen molar-refractivity contribution < 1.29 is 23.1 Å². The number of aryl methyl sites for hydroxylation is 1. The Kier molecular flexibility index (Phi) is 5.63. The molecule has 0 atom stereocenters. The zero-order valence-corrected chi connectivity index (χ0v) is 16.2. The van der Waals surface area contributed by atoms with Gasteiger partial charge in [0.1, 0.15) is 11.6 Å². The van der Waals surface area contributed by atoms with Gasteiger partial charge < -0.3 is 18.8 Å². The molecule has 3 rings (SSSR count). The van der Waals surface area contributed by atoms with Gasteiger partial charge in [0, 0.05) is 24.4 Å². The third kappa shape index (κ3) is 3.98. The molecule has 0 bridgehead atoms. The van der Waals surface area contributed by atoms with E-state index in [1.807, 2.05) is 0 Å². The molecule has 0 unspecified atom stereocenters. The third-order valence-electron chi connectivity index (χ3n) is 4.41. The maximum absolute atomic E-state index is 13.4. The maximum atomic E-state index is 13.4. The summed E-state index contributed by atoms with van der Waals surface area (Å²) in [5.41, 5.74) is 1.70. The lowest BCUT2D eigenvalue weighted by Gasteiger charge is -2.18. The summed E-state index contributed by atoms with van der Waals surface area (Å²) in [6.07, 6.45) is 0.0511. The molecule has 2 aromatic carbocycles. The summed E-state index contributed by atoms with van der Waals surface area (Å²) in [7, 11) is 4.76. The highest BCUT2D eigenvalue weighted by molar-refractivity contribution is 5.94. The number of ether oxygens (including phenoxy) is 2. The number of halogens is 1. The second-order valence-corrected chi connectivity index (χ2v) is 6.20. The molecule has 0 aliphatic heterocycles. The summed E-state index contributed by atoms with van der Waals surface area (Å²) in [5, 5.41) is 0. The van der Waals surface area contributed by atoms with Crippen LogP contribution in [0.5, 0.6) is 11.5 Å². The topological polar surface area (TPSA) is 64.8 Å². The number of anilines is 1. The van der Waals surface area contributed by atoms with Gasteiger partial charge in [-0.2, -0.15) is 0 Å². The van der Waals surface area contributed by atoms with Crippen LogP contribution in [0.3, 0.4) is 0 Å². The second-order valence-electron chi connectivity index (χ2n) is 6.20. The number of amides is 1. The predicted octanol–water partition coefficient (Wildman–Crippen LogP) is 4.01. The molecular weight excluding hydrogens is 363 g/mol. The van der Waals surface area contributed by atoms with Gasteiger partial charge in [-0.15, -0.1) is 0 Å². The molecule has 0 saturated carbocycles. The van der Waals surface area contributed by atoms with E-state index in [9.17, 15) is 9.18 Å². The first-order chi connectivity index (χ1) is 13.4. The number of carbonyl (C=O) groups is 1. The van der Waals surface area contributed by atoms with E-state index < -0.39 is 0 Å². The summed E-state index contributed by atoms with van der Waals surface area (Å²) in [6, 6.07) is 11.2. The number of hydrogen-bond acceptors (Lipinski definition) is 5. The minimum absolute atomic E-state index is 0.0511. The number of hydrogen-bond donors (Lipinski definition) is 0. The number of carbonyl (C=O) groups excluding carboxylic acids is 1. The highest BCUT2D eigenvalue weighted by atomic mass is 19.1. The number of likely N-dealkylation sites (N-methyl/N-ethyl adjacent to an activating group) is 1. The van der Waals surface area contributed by atoms with Crippen LogP contribution >= 0.6 is 0 Å². The van der Waals surface area contributed by atoms with Crippen LogP contribution in [0.1, 0.15) is 11.5 Å². The van der Waals surface area contributed by atoms with Crippen LogP contribution in [0.15, 0.2) is 46.9 Å². The Balaban J connectivity index is 1.79. The fraction of sp³-hybridized carbons (Fsp3) is 0.238. The zero-order chi connectivity index (χ0) is 20.3. The fourth-order valence-corrected chi connectivity index (χ4v) is 2.78. The molecule has 0 N–H and O–H groups in total. The Labute approximate surface area is 162 Å². The van der Waals surface area contributed by atoms with E-state index in [0.717, 1.165) is 0 Å². The van der Waals surface area contributed by atoms with Gasteiger partial charge in [-0.05, 0) is 37.3 Å². The van der Waals surface area contributed by atoms with E-state index in [1.165, 1.54) is 24.1 Å².